The second-order valence-corrected chi connectivity index (χ2v) is 7.78. The van der Waals surface area contributed by atoms with E-state index >= 15 is 0 Å². The number of hydrogen-bond acceptors (Lipinski definition) is 4. The number of benzene rings is 1. The first-order valence-corrected chi connectivity index (χ1v) is 8.67. The Balaban J connectivity index is 2.58. The van der Waals surface area contributed by atoms with Crippen molar-refractivity contribution in [1.29, 1.82) is 0 Å². The van der Waals surface area contributed by atoms with Crippen LogP contribution in [0, 0.1) is 0 Å². The molecular formula is C15H21NO5S. The van der Waals surface area contributed by atoms with Crippen LogP contribution in [0.4, 0.5) is 0 Å². The van der Waals surface area contributed by atoms with E-state index in [1.165, 1.54) is 16.4 Å². The minimum atomic E-state index is -3.84. The standard InChI is InChI=1S/C15H21NO5S/c1-9(2)12-5-4-11(15(18)19)8-14(12)22(20,21)16-7-6-13(17)10(16)3/h4-5,8-10,13,17H,6-7H2,1-3H3,(H,18,19)/t10-,13-/m1/s1. The van der Waals surface area contributed by atoms with Crippen LogP contribution in [0.25, 0.3) is 0 Å². The van der Waals surface area contributed by atoms with E-state index in [0.29, 0.717) is 12.0 Å². The van der Waals surface area contributed by atoms with Gasteiger partial charge in [0.1, 0.15) is 0 Å². The number of nitrogens with zero attached hydrogens (tertiary/aromatic N) is 1. The van der Waals surface area contributed by atoms with Crippen LogP contribution in [0.3, 0.4) is 0 Å². The van der Waals surface area contributed by atoms with E-state index in [9.17, 15) is 18.3 Å². The van der Waals surface area contributed by atoms with Crippen molar-refractivity contribution in [2.45, 2.75) is 50.2 Å². The van der Waals surface area contributed by atoms with Gasteiger partial charge < -0.3 is 10.2 Å². The Morgan fingerprint density at radius 1 is 1.36 bits per heavy atom. The highest BCUT2D eigenvalue weighted by Gasteiger charge is 2.39. The van der Waals surface area contributed by atoms with Crippen LogP contribution in [0.15, 0.2) is 23.1 Å². The Labute approximate surface area is 130 Å². The first kappa shape index (κ1) is 16.9. The highest BCUT2D eigenvalue weighted by Crippen LogP contribution is 2.31. The van der Waals surface area contributed by atoms with Crippen molar-refractivity contribution in [2.75, 3.05) is 6.54 Å². The fourth-order valence-corrected chi connectivity index (χ4v) is 4.78. The average Bonchev–Trinajstić information content (AvgIpc) is 2.78. The summed E-state index contributed by atoms with van der Waals surface area (Å²) in [7, 11) is -3.84. The van der Waals surface area contributed by atoms with Crippen LogP contribution in [-0.2, 0) is 10.0 Å². The number of aliphatic hydroxyl groups excluding tert-OH is 1. The monoisotopic (exact) mass is 327 g/mol. The van der Waals surface area contributed by atoms with E-state index in [1.807, 2.05) is 13.8 Å². The normalized spacial score (nSPS) is 23.1. The van der Waals surface area contributed by atoms with Gasteiger partial charge in [-0.05, 0) is 37.0 Å². The summed E-state index contributed by atoms with van der Waals surface area (Å²) in [6.45, 7) is 5.61. The Morgan fingerprint density at radius 2 is 2.00 bits per heavy atom. The van der Waals surface area contributed by atoms with Gasteiger partial charge in [0, 0.05) is 12.6 Å². The lowest BCUT2D eigenvalue weighted by atomic mass is 10.0. The maximum absolute atomic E-state index is 12.9. The second kappa shape index (κ2) is 5.98. The Bertz CT molecular complexity index is 683. The third-order valence-electron chi connectivity index (χ3n) is 4.13. The molecule has 1 heterocycles. The van der Waals surface area contributed by atoms with E-state index in [2.05, 4.69) is 0 Å². The zero-order chi connectivity index (χ0) is 16.7. The van der Waals surface area contributed by atoms with Crippen molar-refractivity contribution in [1.82, 2.24) is 4.31 Å². The molecule has 1 aliphatic rings. The number of sulfonamides is 1. The van der Waals surface area contributed by atoms with Crippen LogP contribution in [0.1, 0.15) is 49.0 Å². The molecule has 1 aliphatic heterocycles. The number of carbonyl (C=O) groups is 1. The molecule has 1 fully saturated rings. The summed E-state index contributed by atoms with van der Waals surface area (Å²) < 4.78 is 27.1. The molecule has 7 heteroatoms. The Hall–Kier alpha value is -1.44. The molecule has 0 aliphatic carbocycles. The number of carboxylic acid groups (broad SMARTS) is 1. The van der Waals surface area contributed by atoms with Gasteiger partial charge in [-0.3, -0.25) is 0 Å². The lowest BCUT2D eigenvalue weighted by molar-refractivity contribution is 0.0696. The summed E-state index contributed by atoms with van der Waals surface area (Å²) in [5.41, 5.74) is 0.522. The van der Waals surface area contributed by atoms with Gasteiger partial charge >= 0.3 is 5.97 Å². The molecule has 0 saturated carbocycles. The molecule has 0 radical (unpaired) electrons. The highest BCUT2D eigenvalue weighted by atomic mass is 32.2. The SMILES string of the molecule is CC(C)c1ccc(C(=O)O)cc1S(=O)(=O)N1CC[C@@H](O)[C@H]1C. The summed E-state index contributed by atoms with van der Waals surface area (Å²) in [5, 5.41) is 18.9. The first-order valence-electron chi connectivity index (χ1n) is 7.23. The van der Waals surface area contributed by atoms with E-state index in [-0.39, 0.29) is 22.9 Å². The summed E-state index contributed by atoms with van der Waals surface area (Å²) >= 11 is 0. The third-order valence-corrected chi connectivity index (χ3v) is 6.17. The molecule has 22 heavy (non-hydrogen) atoms. The van der Waals surface area contributed by atoms with Crippen LogP contribution >= 0.6 is 0 Å². The van der Waals surface area contributed by atoms with Gasteiger partial charge in [0.2, 0.25) is 10.0 Å². The molecule has 6 nitrogen and oxygen atoms in total. The number of rotatable bonds is 4. The second-order valence-electron chi connectivity index (χ2n) is 5.92. The van der Waals surface area contributed by atoms with Gasteiger partial charge in [-0.2, -0.15) is 4.31 Å². The molecule has 122 valence electrons. The van der Waals surface area contributed by atoms with Gasteiger partial charge in [-0.25, -0.2) is 13.2 Å². The predicted octanol–water partition coefficient (Wildman–Crippen LogP) is 1.65. The zero-order valence-electron chi connectivity index (χ0n) is 12.9. The summed E-state index contributed by atoms with van der Waals surface area (Å²) in [4.78, 5) is 11.2. The number of hydrogen-bond donors (Lipinski definition) is 2. The van der Waals surface area contributed by atoms with Crippen molar-refractivity contribution < 1.29 is 23.4 Å². The van der Waals surface area contributed by atoms with E-state index in [0.717, 1.165) is 0 Å². The van der Waals surface area contributed by atoms with Gasteiger partial charge in [-0.1, -0.05) is 19.9 Å². The van der Waals surface area contributed by atoms with Crippen molar-refractivity contribution in [2.24, 2.45) is 0 Å². The van der Waals surface area contributed by atoms with Crippen LogP contribution in [0.2, 0.25) is 0 Å². The van der Waals surface area contributed by atoms with E-state index < -0.39 is 28.1 Å². The summed E-state index contributed by atoms with van der Waals surface area (Å²) in [6.07, 6.45) is -0.310. The summed E-state index contributed by atoms with van der Waals surface area (Å²) in [6, 6.07) is 3.67. The quantitative estimate of drug-likeness (QED) is 0.877. The van der Waals surface area contributed by atoms with Crippen molar-refractivity contribution in [3.63, 3.8) is 0 Å². The topological polar surface area (TPSA) is 94.9 Å². The third kappa shape index (κ3) is 2.88. The number of aromatic carboxylic acids is 1. The Morgan fingerprint density at radius 3 is 2.45 bits per heavy atom. The summed E-state index contributed by atoms with van der Waals surface area (Å²) in [5.74, 6) is -1.23. The smallest absolute Gasteiger partial charge is 0.335 e. The van der Waals surface area contributed by atoms with E-state index in [4.69, 9.17) is 5.11 Å². The molecule has 2 atom stereocenters. The lowest BCUT2D eigenvalue weighted by Gasteiger charge is -2.24. The molecule has 2 N–H and O–H groups in total. The van der Waals surface area contributed by atoms with Crippen LogP contribution in [0.5, 0.6) is 0 Å². The minimum Gasteiger partial charge on any atom is -0.478 e. The molecule has 1 aromatic rings. The fraction of sp³-hybridized carbons (Fsp3) is 0.533. The average molecular weight is 327 g/mol. The maximum Gasteiger partial charge on any atom is 0.335 e. The molecular weight excluding hydrogens is 306 g/mol. The molecule has 0 spiro atoms. The van der Waals surface area contributed by atoms with Gasteiger partial charge in [0.25, 0.3) is 0 Å². The minimum absolute atomic E-state index is 0.0170. The fourth-order valence-electron chi connectivity index (χ4n) is 2.73. The molecule has 0 amide bonds. The zero-order valence-corrected chi connectivity index (χ0v) is 13.7. The largest absolute Gasteiger partial charge is 0.478 e. The van der Waals surface area contributed by atoms with Crippen LogP contribution in [-0.4, -0.2) is 47.6 Å². The molecule has 0 bridgehead atoms. The first-order chi connectivity index (χ1) is 10.2. The predicted molar refractivity (Wildman–Crippen MR) is 81.5 cm³/mol. The molecule has 1 aromatic carbocycles. The maximum atomic E-state index is 12.9. The number of aliphatic hydroxyl groups is 1. The van der Waals surface area contributed by atoms with E-state index in [1.54, 1.807) is 13.0 Å². The molecule has 0 aromatic heterocycles. The van der Waals surface area contributed by atoms with Crippen molar-refractivity contribution >= 4 is 16.0 Å². The van der Waals surface area contributed by atoms with Gasteiger partial charge in [0.15, 0.2) is 0 Å². The Kier molecular flexibility index (Phi) is 4.60. The lowest BCUT2D eigenvalue weighted by Crippen LogP contribution is -2.37. The van der Waals surface area contributed by atoms with Crippen molar-refractivity contribution in [3.8, 4) is 0 Å². The molecule has 0 unspecified atom stereocenters. The number of carboxylic acids is 1. The molecule has 2 rings (SSSR count). The van der Waals surface area contributed by atoms with Gasteiger partial charge in [0.05, 0.1) is 16.6 Å². The highest BCUT2D eigenvalue weighted by molar-refractivity contribution is 7.89. The van der Waals surface area contributed by atoms with Crippen LogP contribution < -0.4 is 0 Å². The van der Waals surface area contributed by atoms with Gasteiger partial charge in [-0.15, -0.1) is 0 Å². The van der Waals surface area contributed by atoms with Crippen molar-refractivity contribution in [3.05, 3.63) is 29.3 Å². The molecule has 1 saturated heterocycles.